The van der Waals surface area contributed by atoms with Gasteiger partial charge in [-0.15, -0.1) is 5.10 Å². The summed E-state index contributed by atoms with van der Waals surface area (Å²) in [6.07, 6.45) is -4.79. The van der Waals surface area contributed by atoms with Crippen molar-refractivity contribution >= 4 is 5.97 Å². The molecule has 0 atom stereocenters. The van der Waals surface area contributed by atoms with Crippen LogP contribution < -0.4 is 0 Å². The van der Waals surface area contributed by atoms with Crippen molar-refractivity contribution in [3.63, 3.8) is 0 Å². The van der Waals surface area contributed by atoms with Crippen molar-refractivity contribution in [1.82, 2.24) is 15.0 Å². The van der Waals surface area contributed by atoms with Gasteiger partial charge >= 0.3 is 12.1 Å². The molecule has 1 aromatic rings. The maximum absolute atomic E-state index is 12.7. The fourth-order valence-corrected chi connectivity index (χ4v) is 1.18. The van der Waals surface area contributed by atoms with Gasteiger partial charge in [-0.05, 0) is 6.92 Å². The van der Waals surface area contributed by atoms with Crippen LogP contribution in [0, 0.1) is 0 Å². The van der Waals surface area contributed by atoms with Crippen molar-refractivity contribution in [2.45, 2.75) is 19.6 Å². The summed E-state index contributed by atoms with van der Waals surface area (Å²) in [5, 5.41) is 14.9. The lowest BCUT2D eigenvalue weighted by atomic mass is 10.3. The van der Waals surface area contributed by atoms with E-state index in [2.05, 4.69) is 15.0 Å². The molecule has 17 heavy (non-hydrogen) atoms. The summed E-state index contributed by atoms with van der Waals surface area (Å²) in [5.74, 6) is -1.19. The van der Waals surface area contributed by atoms with Crippen LogP contribution in [0.2, 0.25) is 0 Å². The highest BCUT2D eigenvalue weighted by Gasteiger charge is 2.41. The van der Waals surface area contributed by atoms with Crippen LogP contribution in [0.15, 0.2) is 0 Å². The first-order valence-corrected chi connectivity index (χ1v) is 4.70. The minimum absolute atomic E-state index is 0.0665. The lowest BCUT2D eigenvalue weighted by Crippen LogP contribution is -2.20. The number of nitrogens with zero attached hydrogens (tertiary/aromatic N) is 3. The Morgan fingerprint density at radius 2 is 2.18 bits per heavy atom. The highest BCUT2D eigenvalue weighted by atomic mass is 19.4. The van der Waals surface area contributed by atoms with Gasteiger partial charge in [0, 0.05) is 0 Å². The van der Waals surface area contributed by atoms with E-state index in [1.54, 1.807) is 0 Å². The first-order valence-electron chi connectivity index (χ1n) is 4.70. The number of hydrogen-bond donors (Lipinski definition) is 1. The molecule has 6 nitrogen and oxygen atoms in total. The zero-order chi connectivity index (χ0) is 13.1. The molecular weight excluding hydrogens is 243 g/mol. The monoisotopic (exact) mass is 253 g/mol. The average Bonchev–Trinajstić information content (AvgIpc) is 2.62. The summed E-state index contributed by atoms with van der Waals surface area (Å²) in [6.45, 7) is 0.447. The minimum Gasteiger partial charge on any atom is -0.461 e. The molecule has 0 bridgehead atoms. The Labute approximate surface area is 94.0 Å². The predicted molar refractivity (Wildman–Crippen MR) is 48.1 cm³/mol. The Bertz CT molecular complexity index is 402. The van der Waals surface area contributed by atoms with Gasteiger partial charge in [0.2, 0.25) is 5.69 Å². The minimum atomic E-state index is -4.79. The normalized spacial score (nSPS) is 11.6. The van der Waals surface area contributed by atoms with Gasteiger partial charge < -0.3 is 9.84 Å². The van der Waals surface area contributed by atoms with Gasteiger partial charge in [0.05, 0.1) is 19.8 Å². The molecule has 0 aliphatic rings. The third kappa shape index (κ3) is 2.93. The number of aromatic nitrogens is 3. The van der Waals surface area contributed by atoms with Crippen LogP contribution in [0.25, 0.3) is 0 Å². The van der Waals surface area contributed by atoms with E-state index in [1.165, 1.54) is 6.92 Å². The lowest BCUT2D eigenvalue weighted by Gasteiger charge is -2.09. The molecule has 1 N–H and O–H groups in total. The van der Waals surface area contributed by atoms with E-state index in [4.69, 9.17) is 5.11 Å². The molecule has 0 aliphatic carbocycles. The van der Waals surface area contributed by atoms with Crippen LogP contribution in [0.5, 0.6) is 0 Å². The van der Waals surface area contributed by atoms with Crippen LogP contribution in [-0.4, -0.2) is 39.3 Å². The van der Waals surface area contributed by atoms with E-state index in [1.807, 2.05) is 0 Å². The van der Waals surface area contributed by atoms with E-state index in [9.17, 15) is 18.0 Å². The first kappa shape index (κ1) is 13.4. The van der Waals surface area contributed by atoms with Gasteiger partial charge in [-0.25, -0.2) is 9.48 Å². The van der Waals surface area contributed by atoms with Crippen LogP contribution in [0.4, 0.5) is 13.2 Å². The van der Waals surface area contributed by atoms with Gasteiger partial charge in [0.15, 0.2) is 5.69 Å². The average molecular weight is 253 g/mol. The van der Waals surface area contributed by atoms with E-state index in [-0.39, 0.29) is 6.61 Å². The molecule has 1 aromatic heterocycles. The quantitative estimate of drug-likeness (QED) is 0.789. The second-order valence-corrected chi connectivity index (χ2v) is 2.95. The highest BCUT2D eigenvalue weighted by molar-refractivity contribution is 5.88. The van der Waals surface area contributed by atoms with Crippen molar-refractivity contribution in [1.29, 1.82) is 0 Å². The van der Waals surface area contributed by atoms with E-state index < -0.39 is 36.7 Å². The number of alkyl halides is 3. The van der Waals surface area contributed by atoms with E-state index >= 15 is 0 Å². The molecular formula is C8H10F3N3O3. The second kappa shape index (κ2) is 5.13. The number of aliphatic hydroxyl groups is 1. The summed E-state index contributed by atoms with van der Waals surface area (Å²) in [6, 6.07) is 0. The standard InChI is InChI=1S/C8H10F3N3O3/c1-2-17-7(16)5-6(8(9,10)11)14(3-4-15)13-12-5/h15H,2-4H2,1H3. The lowest BCUT2D eigenvalue weighted by molar-refractivity contribution is -0.145. The van der Waals surface area contributed by atoms with Crippen LogP contribution >= 0.6 is 0 Å². The molecule has 96 valence electrons. The van der Waals surface area contributed by atoms with Crippen molar-refractivity contribution in [3.8, 4) is 0 Å². The van der Waals surface area contributed by atoms with E-state index in [0.29, 0.717) is 4.68 Å². The molecule has 1 heterocycles. The summed E-state index contributed by atoms with van der Waals surface area (Å²) >= 11 is 0. The smallest absolute Gasteiger partial charge is 0.435 e. The zero-order valence-electron chi connectivity index (χ0n) is 8.86. The van der Waals surface area contributed by atoms with Gasteiger partial charge in [-0.1, -0.05) is 5.21 Å². The molecule has 0 spiro atoms. The predicted octanol–water partition coefficient (Wildman–Crippen LogP) is 0.466. The molecule has 0 aliphatic heterocycles. The number of halogens is 3. The van der Waals surface area contributed by atoms with Crippen molar-refractivity contribution in [3.05, 3.63) is 11.4 Å². The Kier molecular flexibility index (Phi) is 4.05. The molecule has 0 amide bonds. The molecule has 0 aromatic carbocycles. The number of ether oxygens (including phenoxy) is 1. The van der Waals surface area contributed by atoms with Crippen molar-refractivity contribution in [2.24, 2.45) is 0 Å². The molecule has 0 saturated carbocycles. The fourth-order valence-electron chi connectivity index (χ4n) is 1.18. The summed E-state index contributed by atoms with van der Waals surface area (Å²) in [4.78, 5) is 11.2. The summed E-state index contributed by atoms with van der Waals surface area (Å²) in [5.41, 5.74) is -2.21. The summed E-state index contributed by atoms with van der Waals surface area (Å²) in [7, 11) is 0. The molecule has 9 heteroatoms. The fraction of sp³-hybridized carbons (Fsp3) is 0.625. The second-order valence-electron chi connectivity index (χ2n) is 2.95. The number of carbonyl (C=O) groups excluding carboxylic acids is 1. The molecule has 0 radical (unpaired) electrons. The topological polar surface area (TPSA) is 77.2 Å². The molecule has 0 unspecified atom stereocenters. The number of hydrogen-bond acceptors (Lipinski definition) is 5. The Balaban J connectivity index is 3.18. The molecule has 0 saturated heterocycles. The SMILES string of the molecule is CCOC(=O)c1nnn(CCO)c1C(F)(F)F. The summed E-state index contributed by atoms with van der Waals surface area (Å²) < 4.78 is 42.9. The van der Waals surface area contributed by atoms with Crippen LogP contribution in [-0.2, 0) is 17.5 Å². The maximum Gasteiger partial charge on any atom is 0.435 e. The third-order valence-corrected chi connectivity index (χ3v) is 1.78. The van der Waals surface area contributed by atoms with Gasteiger partial charge in [-0.3, -0.25) is 0 Å². The largest absolute Gasteiger partial charge is 0.461 e. The Morgan fingerprint density at radius 3 is 2.65 bits per heavy atom. The Morgan fingerprint density at radius 1 is 1.53 bits per heavy atom. The van der Waals surface area contributed by atoms with Gasteiger partial charge in [0.25, 0.3) is 0 Å². The number of carbonyl (C=O) groups is 1. The van der Waals surface area contributed by atoms with Crippen LogP contribution in [0.1, 0.15) is 23.1 Å². The van der Waals surface area contributed by atoms with Gasteiger partial charge in [-0.2, -0.15) is 13.2 Å². The first-order chi connectivity index (χ1) is 7.91. The number of rotatable bonds is 4. The van der Waals surface area contributed by atoms with Crippen LogP contribution in [0.3, 0.4) is 0 Å². The zero-order valence-corrected chi connectivity index (χ0v) is 8.86. The molecule has 0 fully saturated rings. The number of aliphatic hydroxyl groups excluding tert-OH is 1. The number of esters is 1. The maximum atomic E-state index is 12.7. The molecule has 1 rings (SSSR count). The van der Waals surface area contributed by atoms with Crippen molar-refractivity contribution in [2.75, 3.05) is 13.2 Å². The highest BCUT2D eigenvalue weighted by Crippen LogP contribution is 2.31. The van der Waals surface area contributed by atoms with Crippen molar-refractivity contribution < 1.29 is 27.8 Å². The van der Waals surface area contributed by atoms with Gasteiger partial charge in [0.1, 0.15) is 0 Å². The third-order valence-electron chi connectivity index (χ3n) is 1.78. The van der Waals surface area contributed by atoms with E-state index in [0.717, 1.165) is 0 Å². The Hall–Kier alpha value is -1.64.